The molecule has 9 heteroatoms. The Bertz CT molecular complexity index is 1190. The van der Waals surface area contributed by atoms with Crippen LogP contribution in [0, 0.1) is 5.41 Å². The zero-order valence-electron chi connectivity index (χ0n) is 22.9. The highest BCUT2D eigenvalue weighted by atomic mass is 16.6. The number of cyclic esters (lactones) is 1. The number of anilines is 2. The number of carbonyl (C=O) groups excluding carboxylic acids is 3. The number of nitrogens with zero attached hydrogens (tertiary/aromatic N) is 2. The van der Waals surface area contributed by atoms with Crippen molar-refractivity contribution >= 4 is 29.7 Å². The number of hydrogen-bond acceptors (Lipinski definition) is 6. The monoisotopic (exact) mass is 523 g/mol. The number of carbonyl (C=O) groups is 3. The molecule has 1 fully saturated rings. The maximum Gasteiger partial charge on any atom is 0.414 e. The highest BCUT2D eigenvalue weighted by molar-refractivity contribution is 5.94. The van der Waals surface area contributed by atoms with Crippen LogP contribution in [0.25, 0.3) is 0 Å². The van der Waals surface area contributed by atoms with Crippen LogP contribution in [-0.4, -0.2) is 49.1 Å². The largest absolute Gasteiger partial charge is 0.444 e. The number of fused-ring (bicyclic) bond motifs is 1. The Kier molecular flexibility index (Phi) is 7.58. The number of hydrogen-bond donors (Lipinski definition) is 1. The van der Waals surface area contributed by atoms with Crippen molar-refractivity contribution in [3.8, 4) is 0 Å². The van der Waals surface area contributed by atoms with Crippen LogP contribution in [0.4, 0.5) is 25.8 Å². The Morgan fingerprint density at radius 1 is 1.05 bits per heavy atom. The molecule has 0 aliphatic carbocycles. The lowest BCUT2D eigenvalue weighted by Gasteiger charge is -2.34. The molecule has 2 aliphatic rings. The fraction of sp³-hybridized carbons (Fsp3) is 0.483. The summed E-state index contributed by atoms with van der Waals surface area (Å²) >= 11 is 0. The third kappa shape index (κ3) is 6.38. The highest BCUT2D eigenvalue weighted by Crippen LogP contribution is 2.42. The first-order valence-electron chi connectivity index (χ1n) is 12.9. The molecule has 9 nitrogen and oxygen atoms in total. The molecular formula is C29H37N3O6. The molecule has 1 saturated heterocycles. The van der Waals surface area contributed by atoms with Gasteiger partial charge in [-0.05, 0) is 61.9 Å². The average molecular weight is 524 g/mol. The molecule has 3 amide bonds. The van der Waals surface area contributed by atoms with Gasteiger partial charge in [-0.15, -0.1) is 0 Å². The van der Waals surface area contributed by atoms with Crippen LogP contribution in [-0.2, 0) is 27.2 Å². The van der Waals surface area contributed by atoms with Crippen molar-refractivity contribution in [3.05, 3.63) is 59.7 Å². The number of rotatable bonds is 5. The summed E-state index contributed by atoms with van der Waals surface area (Å²) in [4.78, 5) is 41.2. The molecule has 2 atom stereocenters. The van der Waals surface area contributed by atoms with Crippen molar-refractivity contribution in [3.63, 3.8) is 0 Å². The van der Waals surface area contributed by atoms with Gasteiger partial charge in [0.2, 0.25) is 0 Å². The van der Waals surface area contributed by atoms with Gasteiger partial charge < -0.3 is 19.5 Å². The van der Waals surface area contributed by atoms with Gasteiger partial charge in [0.1, 0.15) is 18.3 Å². The van der Waals surface area contributed by atoms with Crippen LogP contribution in [0.15, 0.2) is 48.5 Å². The van der Waals surface area contributed by atoms with E-state index in [2.05, 4.69) is 26.1 Å². The van der Waals surface area contributed by atoms with Gasteiger partial charge in [0.15, 0.2) is 0 Å². The summed E-state index contributed by atoms with van der Waals surface area (Å²) in [5.41, 5.74) is 2.53. The number of ether oxygens (including phenoxy) is 3. The first-order chi connectivity index (χ1) is 17.8. The molecule has 2 aromatic rings. The van der Waals surface area contributed by atoms with Crippen molar-refractivity contribution in [2.75, 3.05) is 22.9 Å². The van der Waals surface area contributed by atoms with Gasteiger partial charge in [-0.3, -0.25) is 9.80 Å². The van der Waals surface area contributed by atoms with E-state index in [1.165, 1.54) is 0 Å². The van der Waals surface area contributed by atoms with Crippen LogP contribution in [0.1, 0.15) is 52.7 Å². The van der Waals surface area contributed by atoms with Gasteiger partial charge in [-0.25, -0.2) is 14.4 Å². The highest BCUT2D eigenvalue weighted by Gasteiger charge is 2.42. The molecule has 0 radical (unpaired) electrons. The number of alkyl carbamates (subject to hydrolysis) is 1. The Morgan fingerprint density at radius 2 is 1.76 bits per heavy atom. The maximum atomic E-state index is 13.3. The molecule has 0 aromatic heterocycles. The lowest BCUT2D eigenvalue weighted by Crippen LogP contribution is -2.45. The maximum absolute atomic E-state index is 13.3. The minimum Gasteiger partial charge on any atom is -0.444 e. The summed E-state index contributed by atoms with van der Waals surface area (Å²) in [6, 6.07) is 15.1. The van der Waals surface area contributed by atoms with E-state index in [0.717, 1.165) is 16.8 Å². The van der Waals surface area contributed by atoms with Crippen molar-refractivity contribution in [1.82, 2.24) is 5.32 Å². The molecule has 0 spiro atoms. The fourth-order valence-electron chi connectivity index (χ4n) is 4.66. The van der Waals surface area contributed by atoms with Gasteiger partial charge in [0.05, 0.1) is 18.8 Å². The normalized spacial score (nSPS) is 19.2. The third-order valence-corrected chi connectivity index (χ3v) is 6.51. The van der Waals surface area contributed by atoms with Crippen LogP contribution in [0.2, 0.25) is 0 Å². The van der Waals surface area contributed by atoms with E-state index in [0.29, 0.717) is 18.7 Å². The van der Waals surface area contributed by atoms with Gasteiger partial charge in [0.25, 0.3) is 0 Å². The minimum absolute atomic E-state index is 0.104. The number of benzene rings is 2. The minimum atomic E-state index is -0.611. The van der Waals surface area contributed by atoms with Gasteiger partial charge in [-0.2, -0.15) is 0 Å². The lowest BCUT2D eigenvalue weighted by atomic mass is 9.84. The van der Waals surface area contributed by atoms with E-state index in [1.54, 1.807) is 30.6 Å². The molecule has 2 aliphatic heterocycles. The number of amides is 3. The quantitative estimate of drug-likeness (QED) is 0.509. The average Bonchev–Trinajstić information content (AvgIpc) is 3.41. The van der Waals surface area contributed by atoms with Crippen molar-refractivity contribution in [2.24, 2.45) is 5.41 Å². The molecule has 2 heterocycles. The second kappa shape index (κ2) is 10.6. The second-order valence-electron chi connectivity index (χ2n) is 11.8. The van der Waals surface area contributed by atoms with E-state index in [4.69, 9.17) is 14.2 Å². The van der Waals surface area contributed by atoms with Crippen molar-refractivity contribution < 1.29 is 28.6 Å². The topological polar surface area (TPSA) is 97.4 Å². The standard InChI is InChI=1S/C29H37N3O6/c1-28(2,3)24-15-20-14-21(31-17-22(37-26(31)34)16-30-25(33)38-29(4,5)6)12-13-23(20)32(24)27(35)36-18-19-10-8-7-9-11-19/h7-14,22,24H,15-18H2,1-6H3,(H,30,33)/t22-,24?/m0/s1. The van der Waals surface area contributed by atoms with E-state index in [1.807, 2.05) is 48.5 Å². The van der Waals surface area contributed by atoms with E-state index < -0.39 is 30.0 Å². The lowest BCUT2D eigenvalue weighted by molar-refractivity contribution is 0.0496. The first-order valence-corrected chi connectivity index (χ1v) is 12.9. The number of nitrogens with one attached hydrogen (secondary N) is 1. The summed E-state index contributed by atoms with van der Waals surface area (Å²) in [5, 5.41) is 2.66. The van der Waals surface area contributed by atoms with Crippen LogP contribution >= 0.6 is 0 Å². The van der Waals surface area contributed by atoms with E-state index >= 15 is 0 Å². The zero-order valence-corrected chi connectivity index (χ0v) is 22.9. The second-order valence-corrected chi connectivity index (χ2v) is 11.8. The summed E-state index contributed by atoms with van der Waals surface area (Å²) in [6.45, 7) is 12.3. The summed E-state index contributed by atoms with van der Waals surface area (Å²) in [6.07, 6.45) is -1.30. The predicted octanol–water partition coefficient (Wildman–Crippen LogP) is 5.65. The molecule has 4 rings (SSSR count). The van der Waals surface area contributed by atoms with Gasteiger partial charge >= 0.3 is 18.3 Å². The van der Waals surface area contributed by atoms with Crippen LogP contribution < -0.4 is 15.1 Å². The Balaban J connectivity index is 1.46. The predicted molar refractivity (Wildman–Crippen MR) is 144 cm³/mol. The van der Waals surface area contributed by atoms with Crippen molar-refractivity contribution in [2.45, 2.75) is 72.3 Å². The smallest absolute Gasteiger partial charge is 0.414 e. The first kappa shape index (κ1) is 27.3. The zero-order chi connectivity index (χ0) is 27.7. The van der Waals surface area contributed by atoms with Gasteiger partial charge in [-0.1, -0.05) is 51.1 Å². The molecule has 0 bridgehead atoms. The summed E-state index contributed by atoms with van der Waals surface area (Å²) in [7, 11) is 0. The van der Waals surface area contributed by atoms with Crippen molar-refractivity contribution in [1.29, 1.82) is 0 Å². The molecule has 0 saturated carbocycles. The molecule has 1 N–H and O–H groups in total. The fourth-order valence-corrected chi connectivity index (χ4v) is 4.66. The molecule has 1 unspecified atom stereocenters. The van der Waals surface area contributed by atoms with Gasteiger partial charge in [0, 0.05) is 11.7 Å². The molecule has 2 aromatic carbocycles. The summed E-state index contributed by atoms with van der Waals surface area (Å²) in [5.74, 6) is 0. The van der Waals surface area contributed by atoms with E-state index in [-0.39, 0.29) is 24.6 Å². The third-order valence-electron chi connectivity index (χ3n) is 6.51. The Morgan fingerprint density at radius 3 is 2.42 bits per heavy atom. The van der Waals surface area contributed by atoms with Crippen LogP contribution in [0.5, 0.6) is 0 Å². The van der Waals surface area contributed by atoms with E-state index in [9.17, 15) is 14.4 Å². The Labute approximate surface area is 224 Å². The summed E-state index contributed by atoms with van der Waals surface area (Å²) < 4.78 is 16.4. The Hall–Kier alpha value is -3.75. The van der Waals surface area contributed by atoms with Crippen LogP contribution in [0.3, 0.4) is 0 Å². The molecular weight excluding hydrogens is 486 g/mol. The molecule has 204 valence electrons. The molecule has 38 heavy (non-hydrogen) atoms. The SMILES string of the molecule is CC(C)(C)OC(=O)NC[C@H]1CN(c2ccc3c(c2)CC(C(C)(C)C)N3C(=O)OCc2ccccc2)C(=O)O1.